The number of halogens is 2. The Labute approximate surface area is 191 Å². The van der Waals surface area contributed by atoms with Crippen molar-refractivity contribution in [2.75, 3.05) is 39.3 Å². The summed E-state index contributed by atoms with van der Waals surface area (Å²) in [6.45, 7) is 5.51. The molecule has 5 nitrogen and oxygen atoms in total. The first-order valence-electron chi connectivity index (χ1n) is 10.8. The molecule has 0 spiro atoms. The summed E-state index contributed by atoms with van der Waals surface area (Å²) in [6.07, 6.45) is 13.8. The minimum atomic E-state index is -0.269. The molecule has 0 aromatic heterocycles. The maximum absolute atomic E-state index is 13.1. The zero-order valence-electron chi connectivity index (χ0n) is 17.6. The van der Waals surface area contributed by atoms with E-state index in [0.29, 0.717) is 16.8 Å². The van der Waals surface area contributed by atoms with Crippen molar-refractivity contribution in [3.05, 3.63) is 76.5 Å². The van der Waals surface area contributed by atoms with E-state index in [-0.39, 0.29) is 5.82 Å². The summed E-state index contributed by atoms with van der Waals surface area (Å²) in [5, 5.41) is 0. The van der Waals surface area contributed by atoms with Gasteiger partial charge in [0.2, 0.25) is 5.88 Å². The second-order valence-electron chi connectivity index (χ2n) is 7.79. The Bertz CT molecular complexity index is 889. The third kappa shape index (κ3) is 6.14. The molecule has 1 saturated heterocycles. The lowest BCUT2D eigenvalue weighted by Gasteiger charge is -2.36. The predicted molar refractivity (Wildman–Crippen MR) is 122 cm³/mol. The van der Waals surface area contributed by atoms with Crippen molar-refractivity contribution in [3.8, 4) is 5.75 Å². The summed E-state index contributed by atoms with van der Waals surface area (Å²) in [4.78, 5) is 4.70. The summed E-state index contributed by atoms with van der Waals surface area (Å²) < 4.78 is 31.2. The Morgan fingerprint density at radius 2 is 1.94 bits per heavy atom. The highest BCUT2D eigenvalue weighted by Gasteiger charge is 2.22. The lowest BCUT2D eigenvalue weighted by molar-refractivity contribution is 0.0834. The van der Waals surface area contributed by atoms with Crippen LogP contribution in [0.3, 0.4) is 0 Å². The molecular weight excluding hydrogens is 463 g/mol. The standard InChI is InChI=1S/C24H28BrFN2O3/c25-21-16-20(26)8-9-22(21)29-15-5-4-10-27-11-13-28(14-12-27)24-18-30-23(17-31-24)19-6-2-1-3-7-19/h1-2,6,8-9,16-18H,3-5,7,10-15H2. The van der Waals surface area contributed by atoms with E-state index in [9.17, 15) is 4.39 Å². The number of piperazine rings is 1. The highest BCUT2D eigenvalue weighted by Crippen LogP contribution is 2.27. The molecule has 4 rings (SSSR count). The Balaban J connectivity index is 1.12. The second-order valence-corrected chi connectivity index (χ2v) is 8.65. The van der Waals surface area contributed by atoms with Crippen LogP contribution in [0, 0.1) is 5.82 Å². The Hall–Kier alpha value is -2.25. The molecule has 1 fully saturated rings. The Kier molecular flexibility index (Phi) is 7.70. The van der Waals surface area contributed by atoms with E-state index in [1.54, 1.807) is 18.6 Å². The van der Waals surface area contributed by atoms with Crippen LogP contribution in [0.15, 0.2) is 70.6 Å². The second kappa shape index (κ2) is 10.9. The fourth-order valence-corrected chi connectivity index (χ4v) is 4.26. The van der Waals surface area contributed by atoms with Gasteiger partial charge >= 0.3 is 0 Å². The molecule has 7 heteroatoms. The van der Waals surface area contributed by atoms with Crippen molar-refractivity contribution in [2.45, 2.75) is 25.7 Å². The van der Waals surface area contributed by atoms with E-state index in [1.807, 2.05) is 0 Å². The van der Waals surface area contributed by atoms with Crippen molar-refractivity contribution in [1.82, 2.24) is 9.80 Å². The summed E-state index contributed by atoms with van der Waals surface area (Å²) in [5.41, 5.74) is 1.18. The van der Waals surface area contributed by atoms with E-state index in [1.165, 1.54) is 17.7 Å². The normalized spacial score (nSPS) is 19.2. The first-order chi connectivity index (χ1) is 15.2. The van der Waals surface area contributed by atoms with Crippen LogP contribution >= 0.6 is 15.9 Å². The highest BCUT2D eigenvalue weighted by molar-refractivity contribution is 9.10. The molecule has 0 unspecified atom stereocenters. The topological polar surface area (TPSA) is 34.2 Å². The van der Waals surface area contributed by atoms with Gasteiger partial charge in [-0.3, -0.25) is 4.90 Å². The molecule has 1 aromatic rings. The van der Waals surface area contributed by atoms with Gasteiger partial charge < -0.3 is 19.1 Å². The highest BCUT2D eigenvalue weighted by atomic mass is 79.9. The fourth-order valence-electron chi connectivity index (χ4n) is 3.80. The van der Waals surface area contributed by atoms with Gasteiger partial charge in [0, 0.05) is 26.2 Å². The fraction of sp³-hybridized carbons (Fsp3) is 0.417. The van der Waals surface area contributed by atoms with Gasteiger partial charge in [0.25, 0.3) is 0 Å². The summed E-state index contributed by atoms with van der Waals surface area (Å²) in [7, 11) is 0. The molecule has 0 radical (unpaired) electrons. The average Bonchev–Trinajstić information content (AvgIpc) is 2.81. The van der Waals surface area contributed by atoms with Gasteiger partial charge in [-0.2, -0.15) is 0 Å². The van der Waals surface area contributed by atoms with Gasteiger partial charge in [0.05, 0.1) is 11.1 Å². The van der Waals surface area contributed by atoms with Gasteiger partial charge in [0.1, 0.15) is 17.8 Å². The minimum Gasteiger partial charge on any atom is -0.492 e. The Morgan fingerprint density at radius 1 is 1.06 bits per heavy atom. The van der Waals surface area contributed by atoms with Crippen LogP contribution < -0.4 is 4.74 Å². The van der Waals surface area contributed by atoms with Crippen molar-refractivity contribution in [2.24, 2.45) is 0 Å². The van der Waals surface area contributed by atoms with E-state index < -0.39 is 0 Å². The number of benzene rings is 1. The van der Waals surface area contributed by atoms with Crippen LogP contribution in [-0.2, 0) is 9.47 Å². The number of ether oxygens (including phenoxy) is 3. The van der Waals surface area contributed by atoms with E-state index in [4.69, 9.17) is 14.2 Å². The number of nitrogens with zero attached hydrogens (tertiary/aromatic N) is 2. The summed E-state index contributed by atoms with van der Waals surface area (Å²) in [6, 6.07) is 4.50. The molecule has 31 heavy (non-hydrogen) atoms. The van der Waals surface area contributed by atoms with Crippen molar-refractivity contribution < 1.29 is 18.6 Å². The van der Waals surface area contributed by atoms with E-state index in [0.717, 1.165) is 70.0 Å². The molecule has 0 amide bonds. The maximum Gasteiger partial charge on any atom is 0.231 e. The lowest BCUT2D eigenvalue weighted by atomic mass is 10.0. The van der Waals surface area contributed by atoms with Crippen LogP contribution in [0.4, 0.5) is 4.39 Å². The largest absolute Gasteiger partial charge is 0.492 e. The molecule has 166 valence electrons. The molecule has 0 atom stereocenters. The lowest BCUT2D eigenvalue weighted by Crippen LogP contribution is -2.46. The first-order valence-corrected chi connectivity index (χ1v) is 11.6. The molecule has 2 aliphatic heterocycles. The number of unbranched alkanes of at least 4 members (excludes halogenated alkanes) is 1. The zero-order chi connectivity index (χ0) is 21.5. The van der Waals surface area contributed by atoms with Gasteiger partial charge in [-0.1, -0.05) is 18.2 Å². The predicted octanol–water partition coefficient (Wildman–Crippen LogP) is 5.33. The van der Waals surface area contributed by atoms with E-state index >= 15 is 0 Å². The summed E-state index contributed by atoms with van der Waals surface area (Å²) >= 11 is 3.33. The SMILES string of the molecule is Fc1ccc(OCCCCN2CCN(C3=COC(C4=CC=CCC4)=CO3)CC2)c(Br)c1. The van der Waals surface area contributed by atoms with Gasteiger partial charge in [-0.15, -0.1) is 0 Å². The van der Waals surface area contributed by atoms with Crippen LogP contribution in [0.1, 0.15) is 25.7 Å². The number of rotatable bonds is 8. The van der Waals surface area contributed by atoms with Crippen molar-refractivity contribution >= 4 is 15.9 Å². The smallest absolute Gasteiger partial charge is 0.231 e. The van der Waals surface area contributed by atoms with Crippen molar-refractivity contribution in [3.63, 3.8) is 0 Å². The average molecular weight is 491 g/mol. The number of allylic oxidation sites excluding steroid dienone is 4. The van der Waals surface area contributed by atoms with Crippen molar-refractivity contribution in [1.29, 1.82) is 0 Å². The molecule has 1 aliphatic carbocycles. The third-order valence-corrected chi connectivity index (χ3v) is 6.23. The summed E-state index contributed by atoms with van der Waals surface area (Å²) in [5.74, 6) is 2.01. The number of hydrogen-bond acceptors (Lipinski definition) is 5. The number of hydrogen-bond donors (Lipinski definition) is 0. The molecule has 1 aromatic carbocycles. The van der Waals surface area contributed by atoms with Crippen LogP contribution in [0.25, 0.3) is 0 Å². The van der Waals surface area contributed by atoms with Gasteiger partial charge in [-0.25, -0.2) is 4.39 Å². The molecule has 0 saturated carbocycles. The zero-order valence-corrected chi connectivity index (χ0v) is 19.2. The molecule has 0 N–H and O–H groups in total. The van der Waals surface area contributed by atoms with Crippen LogP contribution in [-0.4, -0.2) is 49.1 Å². The molecule has 0 bridgehead atoms. The monoisotopic (exact) mass is 490 g/mol. The molecule has 3 aliphatic rings. The first kappa shape index (κ1) is 22.0. The van der Waals surface area contributed by atoms with E-state index in [2.05, 4.69) is 44.0 Å². The molecular formula is C24H28BrFN2O3. The van der Waals surface area contributed by atoms with Crippen LogP contribution in [0.5, 0.6) is 5.75 Å². The Morgan fingerprint density at radius 3 is 2.65 bits per heavy atom. The van der Waals surface area contributed by atoms with Gasteiger partial charge in [0.15, 0.2) is 12.0 Å². The third-order valence-electron chi connectivity index (χ3n) is 5.61. The quantitative estimate of drug-likeness (QED) is 0.460. The van der Waals surface area contributed by atoms with Crippen LogP contribution in [0.2, 0.25) is 0 Å². The van der Waals surface area contributed by atoms with Gasteiger partial charge in [-0.05, 0) is 71.9 Å². The molecule has 2 heterocycles. The maximum atomic E-state index is 13.1. The minimum absolute atomic E-state index is 0.269.